The number of hydrogen-bond acceptors (Lipinski definition) is 8. The van der Waals surface area contributed by atoms with Gasteiger partial charge in [0.2, 0.25) is 5.95 Å². The Balaban J connectivity index is 1.18. The molecule has 6 rings (SSSR count). The number of ether oxygens (including phenoxy) is 1. The van der Waals surface area contributed by atoms with E-state index in [1.54, 1.807) is 0 Å². The third kappa shape index (κ3) is 6.88. The summed E-state index contributed by atoms with van der Waals surface area (Å²) in [6, 6.07) is 14.0. The van der Waals surface area contributed by atoms with Crippen molar-refractivity contribution >= 4 is 23.4 Å². The molecule has 0 spiro atoms. The molecular weight excluding hydrogens is 566 g/mol. The minimum Gasteiger partial charge on any atom is -0.484 e. The van der Waals surface area contributed by atoms with Crippen LogP contribution in [0.5, 0.6) is 5.75 Å². The van der Waals surface area contributed by atoms with Crippen molar-refractivity contribution in [2.45, 2.75) is 89.9 Å². The van der Waals surface area contributed by atoms with Crippen LogP contribution in [-0.4, -0.2) is 62.2 Å². The molecule has 4 heterocycles. The standard InChI is InChI=1S/C34H45N9O2/c1-22-11-9-10-18-42(22)33-40-39-31-17-14-23(20-43(31)33)45-27-16-15-26(24-12-7-8-13-25(24)27)35-32(44)38-29-19-28(34(2,3)4)36-30(37-29)21-41(5)6/h7-8,12-14,17,19-20,22,26-27H,9-11,15-16,18,21H2,1-6H3,(H2,35,36,37,38,44)/t22-,26-,27+/m0/s1. The Bertz CT molecular complexity index is 1660. The Kier molecular flexibility index (Phi) is 8.63. The summed E-state index contributed by atoms with van der Waals surface area (Å²) in [7, 11) is 3.95. The first-order valence-electron chi connectivity index (χ1n) is 16.0. The summed E-state index contributed by atoms with van der Waals surface area (Å²) in [6.45, 7) is 10.1. The van der Waals surface area contributed by atoms with Gasteiger partial charge >= 0.3 is 6.03 Å². The van der Waals surface area contributed by atoms with Gasteiger partial charge in [0.1, 0.15) is 23.5 Å². The van der Waals surface area contributed by atoms with Crippen molar-refractivity contribution in [2.24, 2.45) is 0 Å². The van der Waals surface area contributed by atoms with Gasteiger partial charge in [-0.05, 0) is 76.4 Å². The van der Waals surface area contributed by atoms with E-state index >= 15 is 0 Å². The molecule has 11 nitrogen and oxygen atoms in total. The van der Waals surface area contributed by atoms with E-state index in [1.807, 2.05) is 59.9 Å². The van der Waals surface area contributed by atoms with Crippen molar-refractivity contribution in [3.63, 3.8) is 0 Å². The van der Waals surface area contributed by atoms with Gasteiger partial charge in [-0.15, -0.1) is 10.2 Å². The van der Waals surface area contributed by atoms with Gasteiger partial charge in [0.15, 0.2) is 5.65 Å². The molecule has 2 N–H and O–H groups in total. The molecule has 1 aliphatic carbocycles. The topological polar surface area (TPSA) is 113 Å². The van der Waals surface area contributed by atoms with Crippen molar-refractivity contribution in [1.29, 1.82) is 0 Å². The van der Waals surface area contributed by atoms with E-state index in [0.717, 1.165) is 66.4 Å². The van der Waals surface area contributed by atoms with Crippen LogP contribution in [0.4, 0.5) is 16.6 Å². The van der Waals surface area contributed by atoms with E-state index in [-0.39, 0.29) is 23.6 Å². The average Bonchev–Trinajstić information content (AvgIpc) is 3.41. The second kappa shape index (κ2) is 12.6. The molecule has 0 bridgehead atoms. The molecule has 2 aliphatic rings. The molecule has 3 atom stereocenters. The van der Waals surface area contributed by atoms with Crippen LogP contribution in [-0.2, 0) is 12.0 Å². The van der Waals surface area contributed by atoms with E-state index in [4.69, 9.17) is 9.72 Å². The highest BCUT2D eigenvalue weighted by Gasteiger charge is 2.30. The van der Waals surface area contributed by atoms with Crippen molar-refractivity contribution in [1.82, 2.24) is 34.8 Å². The molecule has 3 aromatic heterocycles. The van der Waals surface area contributed by atoms with E-state index < -0.39 is 0 Å². The maximum Gasteiger partial charge on any atom is 0.320 e. The highest BCUT2D eigenvalue weighted by Crippen LogP contribution is 2.39. The summed E-state index contributed by atoms with van der Waals surface area (Å²) in [5.41, 5.74) is 3.65. The van der Waals surface area contributed by atoms with E-state index in [0.29, 0.717) is 24.2 Å². The molecule has 11 heteroatoms. The van der Waals surface area contributed by atoms with Crippen molar-refractivity contribution in [3.8, 4) is 5.75 Å². The van der Waals surface area contributed by atoms with Crippen LogP contribution in [0.25, 0.3) is 5.65 Å². The van der Waals surface area contributed by atoms with E-state index in [2.05, 4.69) is 70.5 Å². The number of amides is 2. The number of benzene rings is 1. The molecule has 1 aliphatic heterocycles. The second-order valence-corrected chi connectivity index (χ2v) is 13.6. The Morgan fingerprint density at radius 3 is 2.58 bits per heavy atom. The molecular formula is C34H45N9O2. The van der Waals surface area contributed by atoms with Crippen molar-refractivity contribution in [3.05, 3.63) is 71.3 Å². The van der Waals surface area contributed by atoms with Gasteiger partial charge in [-0.3, -0.25) is 9.72 Å². The lowest BCUT2D eigenvalue weighted by atomic mass is 9.85. The lowest BCUT2D eigenvalue weighted by Gasteiger charge is -2.33. The lowest BCUT2D eigenvalue weighted by molar-refractivity contribution is 0.171. The number of nitrogens with zero attached hydrogens (tertiary/aromatic N) is 7. The number of carbonyl (C=O) groups excluding carboxylic acids is 1. The van der Waals surface area contributed by atoms with Crippen molar-refractivity contribution < 1.29 is 9.53 Å². The number of piperidine rings is 1. The number of anilines is 2. The smallest absolute Gasteiger partial charge is 0.320 e. The summed E-state index contributed by atoms with van der Waals surface area (Å²) < 4.78 is 8.67. The SMILES string of the molecule is C[C@H]1CCCCN1c1nnc2ccc(O[C@@H]3CC[C@H](NC(=O)Nc4cc(C(C)(C)C)nc(CN(C)C)n4)c4ccccc43)cn12. The molecule has 0 saturated carbocycles. The quantitative estimate of drug-likeness (QED) is 0.260. The first-order chi connectivity index (χ1) is 21.5. The molecule has 1 aromatic carbocycles. The fourth-order valence-electron chi connectivity index (χ4n) is 6.32. The number of hydrogen-bond donors (Lipinski definition) is 2. The number of rotatable bonds is 7. The fraction of sp³-hybridized carbons (Fsp3) is 0.500. The third-order valence-electron chi connectivity index (χ3n) is 8.68. The predicted octanol–water partition coefficient (Wildman–Crippen LogP) is 6.03. The summed E-state index contributed by atoms with van der Waals surface area (Å²) in [6.07, 6.45) is 6.93. The molecule has 45 heavy (non-hydrogen) atoms. The lowest BCUT2D eigenvalue weighted by Crippen LogP contribution is -2.38. The zero-order valence-electron chi connectivity index (χ0n) is 27.2. The Morgan fingerprint density at radius 2 is 1.82 bits per heavy atom. The first-order valence-corrected chi connectivity index (χ1v) is 16.0. The maximum atomic E-state index is 13.3. The molecule has 1 fully saturated rings. The third-order valence-corrected chi connectivity index (χ3v) is 8.68. The van der Waals surface area contributed by atoms with Gasteiger partial charge in [0, 0.05) is 24.1 Å². The minimum absolute atomic E-state index is 0.140. The molecule has 1 saturated heterocycles. The number of fused-ring (bicyclic) bond motifs is 2. The summed E-state index contributed by atoms with van der Waals surface area (Å²) in [4.78, 5) is 27.0. The number of urea groups is 1. The first kappa shape index (κ1) is 30.8. The molecule has 0 radical (unpaired) electrons. The number of carbonyl (C=O) groups is 1. The van der Waals surface area contributed by atoms with E-state index in [1.165, 1.54) is 6.42 Å². The monoisotopic (exact) mass is 611 g/mol. The number of nitrogens with one attached hydrogen (secondary N) is 2. The minimum atomic E-state index is -0.291. The predicted molar refractivity (Wildman–Crippen MR) is 176 cm³/mol. The van der Waals surface area contributed by atoms with Crippen LogP contribution < -0.4 is 20.3 Å². The Labute approximate surface area is 265 Å². The molecule has 0 unspecified atom stereocenters. The number of pyridine rings is 1. The second-order valence-electron chi connectivity index (χ2n) is 13.6. The Hall–Kier alpha value is -4.25. The zero-order valence-corrected chi connectivity index (χ0v) is 27.2. The molecule has 2 amide bonds. The van der Waals surface area contributed by atoms with Crippen LogP contribution in [0, 0.1) is 0 Å². The van der Waals surface area contributed by atoms with Crippen molar-refractivity contribution in [2.75, 3.05) is 30.9 Å². The summed E-state index contributed by atoms with van der Waals surface area (Å²) in [5.74, 6) is 2.81. The van der Waals surface area contributed by atoms with Gasteiger partial charge in [0.05, 0.1) is 24.5 Å². The summed E-state index contributed by atoms with van der Waals surface area (Å²) in [5, 5.41) is 15.1. The maximum absolute atomic E-state index is 13.3. The zero-order chi connectivity index (χ0) is 31.7. The fourth-order valence-corrected chi connectivity index (χ4v) is 6.32. The largest absolute Gasteiger partial charge is 0.484 e. The van der Waals surface area contributed by atoms with Crippen LogP contribution in [0.3, 0.4) is 0 Å². The summed E-state index contributed by atoms with van der Waals surface area (Å²) >= 11 is 0. The van der Waals surface area contributed by atoms with Gasteiger partial charge < -0.3 is 19.9 Å². The van der Waals surface area contributed by atoms with Gasteiger partial charge in [-0.2, -0.15) is 0 Å². The van der Waals surface area contributed by atoms with Gasteiger partial charge in [0.25, 0.3) is 0 Å². The average molecular weight is 612 g/mol. The normalized spacial score (nSPS) is 20.2. The van der Waals surface area contributed by atoms with Crippen LogP contribution in [0.2, 0.25) is 0 Å². The Morgan fingerprint density at radius 1 is 1.02 bits per heavy atom. The van der Waals surface area contributed by atoms with Gasteiger partial charge in [-0.25, -0.2) is 14.8 Å². The molecule has 238 valence electrons. The highest BCUT2D eigenvalue weighted by atomic mass is 16.5. The van der Waals surface area contributed by atoms with Gasteiger partial charge in [-0.1, -0.05) is 45.0 Å². The van der Waals surface area contributed by atoms with Crippen LogP contribution in [0.15, 0.2) is 48.7 Å². The highest BCUT2D eigenvalue weighted by molar-refractivity contribution is 5.88. The number of aromatic nitrogens is 5. The van der Waals surface area contributed by atoms with E-state index in [9.17, 15) is 4.79 Å². The van der Waals surface area contributed by atoms with Crippen LogP contribution in [0.1, 0.15) is 94.6 Å². The van der Waals surface area contributed by atoms with Crippen LogP contribution >= 0.6 is 0 Å². The molecule has 4 aromatic rings.